The van der Waals surface area contributed by atoms with E-state index in [4.69, 9.17) is 28.8 Å². The second-order valence-corrected chi connectivity index (χ2v) is 20.3. The van der Waals surface area contributed by atoms with Gasteiger partial charge >= 0.3 is 0 Å². The van der Waals surface area contributed by atoms with E-state index in [1.165, 1.54) is 43.1 Å². The first-order valence-electron chi connectivity index (χ1n) is 41.8. The molecular weight excluding hydrogens is 1010 g/mol. The summed E-state index contributed by atoms with van der Waals surface area (Å²) >= 11 is 0. The van der Waals surface area contributed by atoms with E-state index < -0.39 is 228 Å². The van der Waals surface area contributed by atoms with E-state index in [-0.39, 0.29) is 35.1 Å². The lowest BCUT2D eigenvalue weighted by Gasteiger charge is -2.19. The number of benzene rings is 18. The van der Waals surface area contributed by atoms with Gasteiger partial charge in [-0.1, -0.05) is 290 Å². The number of fused-ring (bicyclic) bond motifs is 4. The Kier molecular flexibility index (Phi) is 6.18. The Morgan fingerprint density at radius 3 is 1.21 bits per heavy atom. The topological polar surface area (TPSA) is 0 Å². The summed E-state index contributed by atoms with van der Waals surface area (Å²) in [6.07, 6.45) is 0. The SMILES string of the molecule is [2H]c1c([2H])c([2H])c(-c2cc(-c3ccc4ccc5cccc6ccc3c4c56)cc(-c3ccc4ccc5cccc6ccc3c4c56)c2)c([2H])c1[2H].[2H]c1cc2c(-c3c4c([2H])c([2H])c([2H])c([2H])c4c(-c4c([2H])c([2H])c(-c5c([2H])c([2H])c6c([2H])c([2H])c([2H])c([2H])c6c5[2H])c([2H])c4[2H])c4c([2H])c([2H])c([2H])c([2H])c34)c([2H])c([2H])c([2H])c2c([2H])c1[2H]. The lowest BCUT2D eigenvalue weighted by molar-refractivity contribution is 1.59. The summed E-state index contributed by atoms with van der Waals surface area (Å²) in [5.41, 5.74) is 0.558. The highest BCUT2D eigenvalue weighted by Gasteiger charge is 2.20. The van der Waals surface area contributed by atoms with Gasteiger partial charge in [-0.25, -0.2) is 0 Å². The zero-order valence-electron chi connectivity index (χ0n) is 73.7. The molecule has 0 nitrogen and oxygen atoms in total. The van der Waals surface area contributed by atoms with Crippen molar-refractivity contribution in [3.63, 3.8) is 0 Å². The Balaban J connectivity index is 0.000000171. The Hall–Kier alpha value is -10.9. The summed E-state index contributed by atoms with van der Waals surface area (Å²) in [6, 6.07) is 22.8. The van der Waals surface area contributed by atoms with Crippen molar-refractivity contribution in [2.75, 3.05) is 0 Å². The number of hydrogen-bond donors (Lipinski definition) is 0. The third-order valence-corrected chi connectivity index (χ3v) is 15.8. The summed E-state index contributed by atoms with van der Waals surface area (Å²) in [5, 5.41) is 9.72. The summed E-state index contributed by atoms with van der Waals surface area (Å²) in [4.78, 5) is 0. The predicted octanol–water partition coefficient (Wildman–Crippen LogP) is 23.8. The minimum Gasteiger partial charge on any atom is -0.0622 e. The molecule has 18 aromatic carbocycles. The molecule has 0 saturated heterocycles. The zero-order valence-corrected chi connectivity index (χ0v) is 43.7. The molecule has 0 atom stereocenters. The van der Waals surface area contributed by atoms with Crippen LogP contribution in [0.3, 0.4) is 0 Å². The molecule has 388 valence electrons. The van der Waals surface area contributed by atoms with Crippen LogP contribution in [0.25, 0.3) is 174 Å². The fraction of sp³-hybridized carbons (Fsp3) is 0. The standard InChI is InChI=1S/C44H26.C40H26/c1-2-6-27(7-3-1)34-24-35(37-20-16-32-14-12-28-8-4-10-30-18-22-39(37)43(32)41(28)30)26-36(25-34)38-21-17-33-15-13-29-9-5-11-31-19-23-40(38)44(33)42(29)31;1-2-12-31-26-32(25-22-27(31)10-1)28-20-23-30(24-21-28)39-35-15-5-7-17-37(35)40(38-18-8-6-16-36(38)39)34-19-9-13-29-11-3-4-14-33(29)34/h1-26H;1-26H/i1D,2D,3D,6D,7D;1D,2D,3D,4D,5D,6D,7D,8D,9D,10D,11D,12D,13D,15D,16D,17D,18D,19D,20D,21D,22D,23D,24D,25D,26D. The molecule has 0 heterocycles. The fourth-order valence-corrected chi connectivity index (χ4v) is 12.1. The maximum Gasteiger partial charge on any atom is 0.0636 e. The third-order valence-electron chi connectivity index (χ3n) is 15.8. The molecule has 0 unspecified atom stereocenters. The lowest BCUT2D eigenvalue weighted by atomic mass is 9.84. The minimum absolute atomic E-state index is 0.199. The molecule has 0 bridgehead atoms. The van der Waals surface area contributed by atoms with Crippen LogP contribution in [0.15, 0.2) is 315 Å². The molecule has 0 aromatic heterocycles. The molecule has 0 saturated carbocycles. The largest absolute Gasteiger partial charge is 0.0636 e. The van der Waals surface area contributed by atoms with Crippen LogP contribution in [-0.4, -0.2) is 0 Å². The minimum atomic E-state index is -1.05. The Morgan fingerprint density at radius 1 is 0.190 bits per heavy atom. The first kappa shape index (κ1) is 26.8. The molecule has 84 heavy (non-hydrogen) atoms. The molecule has 0 fully saturated rings. The van der Waals surface area contributed by atoms with Gasteiger partial charge in [0, 0.05) is 0 Å². The second-order valence-electron chi connectivity index (χ2n) is 20.3. The second kappa shape index (κ2) is 19.4. The van der Waals surface area contributed by atoms with Crippen molar-refractivity contribution in [2.24, 2.45) is 0 Å². The van der Waals surface area contributed by atoms with Crippen LogP contribution < -0.4 is 0 Å². The summed E-state index contributed by atoms with van der Waals surface area (Å²) in [7, 11) is 0. The van der Waals surface area contributed by atoms with Crippen LogP contribution in [0.1, 0.15) is 41.1 Å². The van der Waals surface area contributed by atoms with Gasteiger partial charge in [-0.15, -0.1) is 0 Å². The quantitative estimate of drug-likeness (QED) is 0.115. The molecule has 0 amide bonds. The molecular formula is C84H52. The van der Waals surface area contributed by atoms with Crippen molar-refractivity contribution in [2.45, 2.75) is 0 Å². The average molecular weight is 1090 g/mol. The summed E-state index contributed by atoms with van der Waals surface area (Å²) in [5.74, 6) is 0. The van der Waals surface area contributed by atoms with E-state index in [1.54, 1.807) is 0 Å². The highest BCUT2D eigenvalue weighted by atomic mass is 14.2. The molecule has 0 heteroatoms. The van der Waals surface area contributed by atoms with Crippen molar-refractivity contribution in [1.82, 2.24) is 0 Å². The Labute approximate surface area is 529 Å². The van der Waals surface area contributed by atoms with Crippen molar-refractivity contribution in [3.8, 4) is 66.8 Å². The van der Waals surface area contributed by atoms with Crippen LogP contribution in [0.2, 0.25) is 0 Å². The van der Waals surface area contributed by atoms with Crippen LogP contribution >= 0.6 is 0 Å². The molecule has 0 N–H and O–H groups in total. The highest BCUT2D eigenvalue weighted by Crippen LogP contribution is 2.47. The summed E-state index contributed by atoms with van der Waals surface area (Å²) < 4.78 is 264. The van der Waals surface area contributed by atoms with E-state index in [0.717, 1.165) is 49.9 Å². The smallest absolute Gasteiger partial charge is 0.0622 e. The molecule has 18 rings (SSSR count). The van der Waals surface area contributed by atoms with Gasteiger partial charge in [-0.2, -0.15) is 0 Å². The number of rotatable bonds is 6. The highest BCUT2D eigenvalue weighted by molar-refractivity contribution is 6.28. The van der Waals surface area contributed by atoms with Crippen LogP contribution in [-0.2, 0) is 0 Å². The number of hydrogen-bond acceptors (Lipinski definition) is 0. The van der Waals surface area contributed by atoms with E-state index in [2.05, 4.69) is 115 Å². The average Bonchev–Trinajstić information content (AvgIpc) is 0.684. The van der Waals surface area contributed by atoms with E-state index in [9.17, 15) is 12.3 Å². The predicted molar refractivity (Wildman–Crippen MR) is 363 cm³/mol. The Morgan fingerprint density at radius 2 is 0.619 bits per heavy atom. The molecule has 0 aliphatic carbocycles. The first-order chi connectivity index (χ1) is 54.1. The fourth-order valence-electron chi connectivity index (χ4n) is 12.1. The van der Waals surface area contributed by atoms with Crippen molar-refractivity contribution < 1.29 is 41.1 Å². The van der Waals surface area contributed by atoms with Gasteiger partial charge in [0.15, 0.2) is 0 Å². The van der Waals surface area contributed by atoms with Gasteiger partial charge in [0.1, 0.15) is 0 Å². The molecule has 0 radical (unpaired) electrons. The van der Waals surface area contributed by atoms with Crippen LogP contribution in [0.4, 0.5) is 0 Å². The summed E-state index contributed by atoms with van der Waals surface area (Å²) in [6.45, 7) is 0. The van der Waals surface area contributed by atoms with Crippen LogP contribution in [0.5, 0.6) is 0 Å². The molecule has 18 aromatic rings. The monoisotopic (exact) mass is 1090 g/mol. The van der Waals surface area contributed by atoms with Crippen molar-refractivity contribution in [1.29, 1.82) is 0 Å². The van der Waals surface area contributed by atoms with Crippen LogP contribution in [0, 0.1) is 0 Å². The van der Waals surface area contributed by atoms with Gasteiger partial charge in [-0.05, 0) is 199 Å². The third kappa shape index (κ3) is 7.76. The van der Waals surface area contributed by atoms with Crippen molar-refractivity contribution in [3.05, 3.63) is 315 Å². The zero-order chi connectivity index (χ0) is 81.4. The van der Waals surface area contributed by atoms with Gasteiger partial charge in [0.05, 0.1) is 41.1 Å². The van der Waals surface area contributed by atoms with E-state index in [0.29, 0.717) is 5.56 Å². The molecule has 0 spiro atoms. The Bertz CT molecular complexity index is 7130. The first-order valence-corrected chi connectivity index (χ1v) is 26.8. The van der Waals surface area contributed by atoms with Gasteiger partial charge in [0.2, 0.25) is 0 Å². The lowest BCUT2D eigenvalue weighted by Crippen LogP contribution is -1.91. The van der Waals surface area contributed by atoms with Gasteiger partial charge in [0.25, 0.3) is 0 Å². The maximum atomic E-state index is 9.42. The van der Waals surface area contributed by atoms with Crippen molar-refractivity contribution >= 4 is 108 Å². The van der Waals surface area contributed by atoms with Gasteiger partial charge < -0.3 is 0 Å². The van der Waals surface area contributed by atoms with Gasteiger partial charge in [-0.3, -0.25) is 0 Å². The van der Waals surface area contributed by atoms with E-state index in [1.807, 2.05) is 12.1 Å². The van der Waals surface area contributed by atoms with E-state index >= 15 is 0 Å². The normalized spacial score (nSPS) is 16.8. The molecule has 0 aliphatic heterocycles. The molecule has 0 aliphatic rings. The maximum absolute atomic E-state index is 9.42.